The van der Waals surface area contributed by atoms with Gasteiger partial charge in [-0.15, -0.1) is 11.3 Å². The highest BCUT2D eigenvalue weighted by Crippen LogP contribution is 2.41. The van der Waals surface area contributed by atoms with Crippen molar-refractivity contribution in [3.8, 4) is 0 Å². The zero-order chi connectivity index (χ0) is 21.7. The third-order valence-electron chi connectivity index (χ3n) is 6.40. The number of hydrogen-bond acceptors (Lipinski definition) is 8. The molecule has 9 nitrogen and oxygen atoms in total. The van der Waals surface area contributed by atoms with E-state index in [0.717, 1.165) is 52.0 Å². The second-order valence-electron chi connectivity index (χ2n) is 8.46. The minimum atomic E-state index is 0.0215. The molecule has 2 N–H and O–H groups in total. The molecule has 2 atom stereocenters. The summed E-state index contributed by atoms with van der Waals surface area (Å²) in [5.74, 6) is 1.06. The van der Waals surface area contributed by atoms with Crippen molar-refractivity contribution < 1.29 is 9.53 Å². The number of aromatic nitrogens is 5. The first-order valence-electron chi connectivity index (χ1n) is 10.9. The van der Waals surface area contributed by atoms with Gasteiger partial charge in [0.1, 0.15) is 17.0 Å². The van der Waals surface area contributed by atoms with Crippen LogP contribution in [-0.4, -0.2) is 61.8 Å². The van der Waals surface area contributed by atoms with Gasteiger partial charge in [-0.1, -0.05) is 0 Å². The fraction of sp³-hybridized carbons (Fsp3) is 0.409. The molecular formula is C22H23N7O2S. The molecule has 1 aliphatic heterocycles. The first-order valence-corrected chi connectivity index (χ1v) is 11.7. The molecule has 0 saturated carbocycles. The Labute approximate surface area is 188 Å². The number of thiophene rings is 1. The van der Waals surface area contributed by atoms with E-state index in [2.05, 4.69) is 37.4 Å². The molecule has 2 aliphatic rings. The fourth-order valence-corrected chi connectivity index (χ4v) is 6.01. The maximum absolute atomic E-state index is 13.2. The Balaban J connectivity index is 1.29. The van der Waals surface area contributed by atoms with E-state index in [-0.39, 0.29) is 17.9 Å². The predicted octanol–water partition coefficient (Wildman–Crippen LogP) is 3.06. The van der Waals surface area contributed by atoms with Gasteiger partial charge in [0.25, 0.3) is 0 Å². The SMILES string of the molecule is C[C@H]1COCCN1C(=O)[C@H]1CCc2c(sc3ncnc(Nc4cnc5[nH]ncc5c4)c23)C1. The Morgan fingerprint density at radius 1 is 1.31 bits per heavy atom. The molecule has 6 rings (SSSR count). The van der Waals surface area contributed by atoms with Crippen molar-refractivity contribution in [3.63, 3.8) is 0 Å². The van der Waals surface area contributed by atoms with Gasteiger partial charge in [-0.25, -0.2) is 15.0 Å². The highest BCUT2D eigenvalue weighted by Gasteiger charge is 2.34. The molecule has 1 amide bonds. The molecule has 0 unspecified atom stereocenters. The molecule has 4 aromatic rings. The normalized spacial score (nSPS) is 21.1. The number of pyridine rings is 1. The first kappa shape index (κ1) is 19.6. The summed E-state index contributed by atoms with van der Waals surface area (Å²) in [6, 6.07) is 2.14. The van der Waals surface area contributed by atoms with E-state index in [0.29, 0.717) is 19.8 Å². The summed E-state index contributed by atoms with van der Waals surface area (Å²) in [5.41, 5.74) is 2.87. The number of nitrogens with zero attached hydrogens (tertiary/aromatic N) is 5. The lowest BCUT2D eigenvalue weighted by Gasteiger charge is -2.36. The third kappa shape index (κ3) is 3.30. The van der Waals surface area contributed by atoms with Gasteiger partial charge in [-0.3, -0.25) is 9.89 Å². The second kappa shape index (κ2) is 7.79. The molecule has 4 aromatic heterocycles. The lowest BCUT2D eigenvalue weighted by molar-refractivity contribution is -0.143. The number of nitrogens with one attached hydrogen (secondary N) is 2. The quantitative estimate of drug-likeness (QED) is 0.495. The molecule has 0 bridgehead atoms. The summed E-state index contributed by atoms with van der Waals surface area (Å²) in [6.07, 6.45) is 7.58. The number of morpholine rings is 1. The molecule has 5 heterocycles. The van der Waals surface area contributed by atoms with Crippen molar-refractivity contribution >= 4 is 50.0 Å². The maximum Gasteiger partial charge on any atom is 0.226 e. The van der Waals surface area contributed by atoms with Crippen LogP contribution in [0.3, 0.4) is 0 Å². The average molecular weight is 450 g/mol. The van der Waals surface area contributed by atoms with E-state index in [9.17, 15) is 4.79 Å². The van der Waals surface area contributed by atoms with Gasteiger partial charge in [0, 0.05) is 22.7 Å². The minimum absolute atomic E-state index is 0.0215. The largest absolute Gasteiger partial charge is 0.377 e. The van der Waals surface area contributed by atoms with Gasteiger partial charge in [0.05, 0.1) is 42.7 Å². The standard InChI is InChI=1S/C22H23N7O2S/c1-12-10-31-5-4-29(12)22(30)13-2-3-16-17(7-13)32-21-18(16)20(24-11-25-21)27-15-6-14-8-26-28-19(14)23-9-15/h6,8-9,11-13H,2-5,7,10H2,1H3,(H,23,26,28)(H,24,25,27)/t12-,13-/m0/s1. The summed E-state index contributed by atoms with van der Waals surface area (Å²) in [6.45, 7) is 4.00. The lowest BCUT2D eigenvalue weighted by atomic mass is 9.86. The van der Waals surface area contributed by atoms with Crippen LogP contribution in [-0.2, 0) is 22.4 Å². The predicted molar refractivity (Wildman–Crippen MR) is 122 cm³/mol. The number of carbonyl (C=O) groups excluding carboxylic acids is 1. The maximum atomic E-state index is 13.2. The van der Waals surface area contributed by atoms with Crippen LogP contribution >= 0.6 is 11.3 Å². The number of rotatable bonds is 3. The van der Waals surface area contributed by atoms with Crippen LogP contribution in [0.15, 0.2) is 24.8 Å². The number of aryl methyl sites for hydroxylation is 1. The Morgan fingerprint density at radius 2 is 2.25 bits per heavy atom. The van der Waals surface area contributed by atoms with E-state index in [1.54, 1.807) is 30.1 Å². The Bertz CT molecular complexity index is 1320. The van der Waals surface area contributed by atoms with Crippen LogP contribution in [0.25, 0.3) is 21.3 Å². The van der Waals surface area contributed by atoms with Crippen LogP contribution in [0.5, 0.6) is 0 Å². The summed E-state index contributed by atoms with van der Waals surface area (Å²) in [7, 11) is 0. The number of ether oxygens (including phenoxy) is 1. The summed E-state index contributed by atoms with van der Waals surface area (Å²) in [5, 5.41) is 12.3. The molecule has 32 heavy (non-hydrogen) atoms. The van der Waals surface area contributed by atoms with Crippen molar-refractivity contribution in [1.29, 1.82) is 0 Å². The number of fused-ring (bicyclic) bond motifs is 4. The van der Waals surface area contributed by atoms with E-state index >= 15 is 0 Å². The van der Waals surface area contributed by atoms with E-state index in [1.807, 2.05) is 11.0 Å². The smallest absolute Gasteiger partial charge is 0.226 e. The van der Waals surface area contributed by atoms with E-state index in [4.69, 9.17) is 4.74 Å². The highest BCUT2D eigenvalue weighted by molar-refractivity contribution is 7.19. The van der Waals surface area contributed by atoms with Crippen LogP contribution in [0, 0.1) is 5.92 Å². The number of amides is 1. The van der Waals surface area contributed by atoms with Crippen molar-refractivity contribution in [3.05, 3.63) is 35.2 Å². The second-order valence-corrected chi connectivity index (χ2v) is 9.54. The molecule has 0 radical (unpaired) electrons. The van der Waals surface area contributed by atoms with Crippen molar-refractivity contribution in [2.24, 2.45) is 5.92 Å². The molecular weight excluding hydrogens is 426 g/mol. The van der Waals surface area contributed by atoms with Crippen molar-refractivity contribution in [2.75, 3.05) is 25.1 Å². The van der Waals surface area contributed by atoms with Gasteiger partial charge in [-0.05, 0) is 37.8 Å². The summed E-state index contributed by atoms with van der Waals surface area (Å²) >= 11 is 1.68. The van der Waals surface area contributed by atoms with Crippen LogP contribution < -0.4 is 5.32 Å². The Kier molecular flexibility index (Phi) is 4.76. The zero-order valence-corrected chi connectivity index (χ0v) is 18.5. The molecule has 1 aliphatic carbocycles. The number of H-pyrrole nitrogens is 1. The van der Waals surface area contributed by atoms with Crippen molar-refractivity contribution in [2.45, 2.75) is 32.2 Å². The van der Waals surface area contributed by atoms with Crippen LogP contribution in [0.2, 0.25) is 0 Å². The summed E-state index contributed by atoms with van der Waals surface area (Å²) < 4.78 is 5.50. The number of anilines is 2. The third-order valence-corrected chi connectivity index (χ3v) is 7.56. The van der Waals surface area contributed by atoms with Crippen LogP contribution in [0.1, 0.15) is 23.8 Å². The number of hydrogen-bond donors (Lipinski definition) is 2. The molecule has 0 aromatic carbocycles. The average Bonchev–Trinajstić information content (AvgIpc) is 3.42. The highest BCUT2D eigenvalue weighted by atomic mass is 32.1. The Hall–Kier alpha value is -3.11. The molecule has 1 fully saturated rings. The zero-order valence-electron chi connectivity index (χ0n) is 17.7. The molecule has 10 heteroatoms. The molecule has 164 valence electrons. The van der Waals surface area contributed by atoms with Crippen molar-refractivity contribution in [1.82, 2.24) is 30.0 Å². The minimum Gasteiger partial charge on any atom is -0.377 e. The van der Waals surface area contributed by atoms with Gasteiger partial charge in [-0.2, -0.15) is 5.10 Å². The molecule has 0 spiro atoms. The van der Waals surface area contributed by atoms with E-state index in [1.165, 1.54) is 10.4 Å². The summed E-state index contributed by atoms with van der Waals surface area (Å²) in [4.78, 5) is 30.9. The first-order chi connectivity index (χ1) is 15.7. The van der Waals surface area contributed by atoms with Crippen LogP contribution in [0.4, 0.5) is 11.5 Å². The van der Waals surface area contributed by atoms with E-state index < -0.39 is 0 Å². The van der Waals surface area contributed by atoms with Gasteiger partial charge >= 0.3 is 0 Å². The van der Waals surface area contributed by atoms with Gasteiger partial charge in [0.15, 0.2) is 5.65 Å². The lowest BCUT2D eigenvalue weighted by Crippen LogP contribution is -2.50. The Morgan fingerprint density at radius 3 is 3.16 bits per heavy atom. The van der Waals surface area contributed by atoms with Gasteiger partial charge < -0.3 is 15.0 Å². The number of carbonyl (C=O) groups is 1. The number of aromatic amines is 1. The monoisotopic (exact) mass is 449 g/mol. The fourth-order valence-electron chi connectivity index (χ4n) is 4.75. The molecule has 1 saturated heterocycles. The van der Waals surface area contributed by atoms with Gasteiger partial charge in [0.2, 0.25) is 5.91 Å². The topological polar surface area (TPSA) is 109 Å².